The number of carbonyl (C=O) groups excluding carboxylic acids is 1. The quantitative estimate of drug-likeness (QED) is 0.919. The Labute approximate surface area is 142 Å². The van der Waals surface area contributed by atoms with Crippen LogP contribution in [-0.2, 0) is 19.1 Å². The second-order valence-electron chi connectivity index (χ2n) is 6.25. The summed E-state index contributed by atoms with van der Waals surface area (Å²) in [5.74, 6) is 0.708. The summed E-state index contributed by atoms with van der Waals surface area (Å²) >= 11 is 0. The van der Waals surface area contributed by atoms with Crippen molar-refractivity contribution in [1.29, 1.82) is 0 Å². The minimum Gasteiger partial charge on any atom is -0.350 e. The Kier molecular flexibility index (Phi) is 4.49. The van der Waals surface area contributed by atoms with Gasteiger partial charge in [-0.2, -0.15) is 13.2 Å². The third kappa shape index (κ3) is 3.97. The molecule has 25 heavy (non-hydrogen) atoms. The fourth-order valence-electron chi connectivity index (χ4n) is 2.98. The number of rotatable bonds is 3. The van der Waals surface area contributed by atoms with Crippen molar-refractivity contribution >= 4 is 5.91 Å². The number of nitrogens with zero attached hydrogens (tertiary/aromatic N) is 4. The average Bonchev–Trinajstić information content (AvgIpc) is 2.95. The van der Waals surface area contributed by atoms with Crippen molar-refractivity contribution in [3.05, 3.63) is 41.0 Å². The SMILES string of the molecule is Cc1cc(C(=O)NC[C@@H]2CCc3nc(C(F)(F)F)cn3C2)nc(C)n1. The molecule has 0 fully saturated rings. The van der Waals surface area contributed by atoms with Gasteiger partial charge in [-0.1, -0.05) is 0 Å². The van der Waals surface area contributed by atoms with Crippen molar-refractivity contribution in [3.63, 3.8) is 0 Å². The predicted molar refractivity (Wildman–Crippen MR) is 82.9 cm³/mol. The molecule has 3 rings (SSSR count). The Morgan fingerprint density at radius 2 is 2.08 bits per heavy atom. The highest BCUT2D eigenvalue weighted by atomic mass is 19.4. The number of alkyl halides is 3. The number of halogens is 3. The third-order valence-electron chi connectivity index (χ3n) is 4.13. The molecule has 0 aliphatic carbocycles. The van der Waals surface area contributed by atoms with Crippen LogP contribution in [0, 0.1) is 19.8 Å². The molecule has 0 unspecified atom stereocenters. The maximum atomic E-state index is 12.7. The zero-order chi connectivity index (χ0) is 18.2. The highest BCUT2D eigenvalue weighted by molar-refractivity contribution is 5.92. The number of amides is 1. The first kappa shape index (κ1) is 17.4. The van der Waals surface area contributed by atoms with Crippen LogP contribution >= 0.6 is 0 Å². The van der Waals surface area contributed by atoms with Crippen LogP contribution in [0.25, 0.3) is 0 Å². The summed E-state index contributed by atoms with van der Waals surface area (Å²) in [4.78, 5) is 24.1. The number of fused-ring (bicyclic) bond motifs is 1. The molecule has 0 saturated heterocycles. The molecule has 0 aromatic carbocycles. The van der Waals surface area contributed by atoms with Crippen molar-refractivity contribution in [1.82, 2.24) is 24.8 Å². The fourth-order valence-corrected chi connectivity index (χ4v) is 2.98. The van der Waals surface area contributed by atoms with E-state index in [2.05, 4.69) is 20.3 Å². The van der Waals surface area contributed by atoms with Gasteiger partial charge in [0.25, 0.3) is 5.91 Å². The van der Waals surface area contributed by atoms with E-state index >= 15 is 0 Å². The molecule has 1 N–H and O–H groups in total. The van der Waals surface area contributed by atoms with Crippen LogP contribution in [0.2, 0.25) is 0 Å². The summed E-state index contributed by atoms with van der Waals surface area (Å²) in [7, 11) is 0. The van der Waals surface area contributed by atoms with E-state index in [9.17, 15) is 18.0 Å². The minimum atomic E-state index is -4.43. The maximum Gasteiger partial charge on any atom is 0.434 e. The van der Waals surface area contributed by atoms with Crippen LogP contribution in [0.1, 0.15) is 39.9 Å². The zero-order valence-electron chi connectivity index (χ0n) is 13.9. The van der Waals surface area contributed by atoms with Gasteiger partial charge in [0, 0.05) is 31.4 Å². The molecule has 134 valence electrons. The Balaban J connectivity index is 1.61. The second-order valence-corrected chi connectivity index (χ2v) is 6.25. The van der Waals surface area contributed by atoms with Crippen LogP contribution < -0.4 is 5.32 Å². The van der Waals surface area contributed by atoms with Gasteiger partial charge in [0.2, 0.25) is 0 Å². The molecular weight excluding hydrogens is 335 g/mol. The van der Waals surface area contributed by atoms with E-state index in [4.69, 9.17) is 0 Å². The van der Waals surface area contributed by atoms with Gasteiger partial charge in [-0.3, -0.25) is 4.79 Å². The fraction of sp³-hybridized carbons (Fsp3) is 0.500. The van der Waals surface area contributed by atoms with E-state index in [0.29, 0.717) is 49.0 Å². The van der Waals surface area contributed by atoms with Crippen molar-refractivity contribution < 1.29 is 18.0 Å². The first-order valence-electron chi connectivity index (χ1n) is 7.96. The summed E-state index contributed by atoms with van der Waals surface area (Å²) in [6.45, 7) is 4.27. The van der Waals surface area contributed by atoms with Crippen LogP contribution in [0.5, 0.6) is 0 Å². The lowest BCUT2D eigenvalue weighted by atomic mass is 9.99. The number of imidazole rings is 1. The van der Waals surface area contributed by atoms with E-state index in [-0.39, 0.29) is 11.8 Å². The van der Waals surface area contributed by atoms with Gasteiger partial charge in [0.1, 0.15) is 17.3 Å². The van der Waals surface area contributed by atoms with Gasteiger partial charge in [0.15, 0.2) is 5.69 Å². The molecule has 0 bridgehead atoms. The molecule has 2 aromatic rings. The molecule has 1 atom stereocenters. The normalized spacial score (nSPS) is 17.2. The first-order valence-corrected chi connectivity index (χ1v) is 7.96. The Bertz CT molecular complexity index is 779. The predicted octanol–water partition coefficient (Wildman–Crippen LogP) is 2.30. The third-order valence-corrected chi connectivity index (χ3v) is 4.13. The van der Waals surface area contributed by atoms with Crippen molar-refractivity contribution in [2.24, 2.45) is 5.92 Å². The highest BCUT2D eigenvalue weighted by Crippen LogP contribution is 2.30. The van der Waals surface area contributed by atoms with E-state index in [0.717, 1.165) is 6.20 Å². The van der Waals surface area contributed by atoms with E-state index in [1.54, 1.807) is 19.9 Å². The topological polar surface area (TPSA) is 72.7 Å². The lowest BCUT2D eigenvalue weighted by Crippen LogP contribution is -2.34. The molecule has 1 aliphatic rings. The van der Waals surface area contributed by atoms with Gasteiger partial charge in [-0.25, -0.2) is 15.0 Å². The van der Waals surface area contributed by atoms with Crippen LogP contribution in [0.4, 0.5) is 13.2 Å². The Morgan fingerprint density at radius 3 is 2.76 bits per heavy atom. The monoisotopic (exact) mass is 353 g/mol. The molecule has 3 heterocycles. The van der Waals surface area contributed by atoms with Crippen molar-refractivity contribution in [2.45, 2.75) is 39.4 Å². The summed E-state index contributed by atoms with van der Waals surface area (Å²) < 4.78 is 39.7. The molecule has 6 nitrogen and oxygen atoms in total. The molecule has 1 aliphatic heterocycles. The largest absolute Gasteiger partial charge is 0.434 e. The van der Waals surface area contributed by atoms with Crippen LogP contribution in [0.15, 0.2) is 12.3 Å². The number of hydrogen-bond donors (Lipinski definition) is 1. The second kappa shape index (κ2) is 6.45. The number of aromatic nitrogens is 4. The number of hydrogen-bond acceptors (Lipinski definition) is 4. The van der Waals surface area contributed by atoms with E-state index < -0.39 is 11.9 Å². The van der Waals surface area contributed by atoms with Crippen molar-refractivity contribution in [3.8, 4) is 0 Å². The number of aryl methyl sites for hydroxylation is 3. The standard InChI is InChI=1S/C16H18F3N5O/c1-9-5-12(22-10(2)21-9)15(25)20-6-11-3-4-14-23-13(16(17,18)19)8-24(14)7-11/h5,8,11H,3-4,6-7H2,1-2H3,(H,20,25)/t11-/m0/s1. The van der Waals surface area contributed by atoms with E-state index in [1.165, 1.54) is 4.57 Å². The molecule has 9 heteroatoms. The molecule has 1 amide bonds. The smallest absolute Gasteiger partial charge is 0.350 e. The Hall–Kier alpha value is -2.45. The van der Waals surface area contributed by atoms with Crippen LogP contribution in [-0.4, -0.2) is 32.0 Å². The van der Waals surface area contributed by atoms with Crippen LogP contribution in [0.3, 0.4) is 0 Å². The summed E-state index contributed by atoms with van der Waals surface area (Å²) in [6, 6.07) is 1.60. The molecular formula is C16H18F3N5O. The molecule has 0 radical (unpaired) electrons. The van der Waals surface area contributed by atoms with Gasteiger partial charge < -0.3 is 9.88 Å². The van der Waals surface area contributed by atoms with Gasteiger partial charge in [0.05, 0.1) is 0 Å². The highest BCUT2D eigenvalue weighted by Gasteiger charge is 2.35. The minimum absolute atomic E-state index is 0.0516. The zero-order valence-corrected chi connectivity index (χ0v) is 13.9. The van der Waals surface area contributed by atoms with Gasteiger partial charge >= 0.3 is 6.18 Å². The van der Waals surface area contributed by atoms with E-state index in [1.807, 2.05) is 0 Å². The number of carbonyl (C=O) groups is 1. The lowest BCUT2D eigenvalue weighted by molar-refractivity contribution is -0.141. The summed E-state index contributed by atoms with van der Waals surface area (Å²) in [5.41, 5.74) is 0.140. The van der Waals surface area contributed by atoms with Gasteiger partial charge in [-0.05, 0) is 32.3 Å². The summed E-state index contributed by atoms with van der Waals surface area (Å²) in [5, 5.41) is 2.81. The van der Waals surface area contributed by atoms with Gasteiger partial charge in [-0.15, -0.1) is 0 Å². The lowest BCUT2D eigenvalue weighted by Gasteiger charge is -2.23. The average molecular weight is 353 g/mol. The molecule has 0 saturated carbocycles. The maximum absolute atomic E-state index is 12.7. The van der Waals surface area contributed by atoms with Crippen molar-refractivity contribution in [2.75, 3.05) is 6.54 Å². The summed E-state index contributed by atoms with van der Waals surface area (Å²) in [6.07, 6.45) is -2.25. The molecule has 0 spiro atoms. The number of nitrogens with one attached hydrogen (secondary N) is 1. The molecule has 2 aromatic heterocycles. The first-order chi connectivity index (χ1) is 11.7. The Morgan fingerprint density at radius 1 is 1.32 bits per heavy atom.